The quantitative estimate of drug-likeness (QED) is 0.427. The third kappa shape index (κ3) is 5.63. The Bertz CT molecular complexity index is 362. The average molecular weight is 264 g/mol. The molecule has 0 aliphatic heterocycles. The molecule has 1 rings (SSSR count). The van der Waals surface area contributed by atoms with E-state index in [4.69, 9.17) is 0 Å². The molecule has 0 amide bonds. The number of hydrogen-bond donors (Lipinski definition) is 0. The second-order valence-corrected chi connectivity index (χ2v) is 5.65. The first kappa shape index (κ1) is 15.2. The summed E-state index contributed by atoms with van der Waals surface area (Å²) in [5.41, 5.74) is 1.02. The predicted molar refractivity (Wildman–Crippen MR) is 81.0 cm³/mol. The van der Waals surface area contributed by atoms with E-state index in [2.05, 4.69) is 31.4 Å². The smallest absolute Gasteiger partial charge is 0.158 e. The Morgan fingerprint density at radius 3 is 2.56 bits per heavy atom. The Morgan fingerprint density at radius 2 is 1.94 bits per heavy atom. The molecule has 0 unspecified atom stereocenters. The fourth-order valence-corrected chi connectivity index (χ4v) is 2.58. The van der Waals surface area contributed by atoms with Gasteiger partial charge in [0.05, 0.1) is 0 Å². The van der Waals surface area contributed by atoms with Gasteiger partial charge in [-0.25, -0.2) is 0 Å². The highest BCUT2D eigenvalue weighted by Gasteiger charge is 2.09. The highest BCUT2D eigenvalue weighted by molar-refractivity contribution is 7.10. The number of ketones is 1. The molecule has 0 aliphatic carbocycles. The van der Waals surface area contributed by atoms with E-state index in [1.807, 2.05) is 6.07 Å². The molecule has 2 heteroatoms. The Balaban J connectivity index is 2.62. The lowest BCUT2D eigenvalue weighted by Gasteiger charge is -2.05. The summed E-state index contributed by atoms with van der Waals surface area (Å²) in [5.74, 6) is 0.352. The average Bonchev–Trinajstić information content (AvgIpc) is 2.87. The van der Waals surface area contributed by atoms with E-state index in [-0.39, 0.29) is 0 Å². The largest absolute Gasteiger partial charge is 0.295 e. The van der Waals surface area contributed by atoms with Crippen molar-refractivity contribution in [2.75, 3.05) is 0 Å². The first-order valence-corrected chi connectivity index (χ1v) is 7.93. The SMILES string of the molecule is CCCCCC(=O)/C(=C/c1cccs1)CCCC. The normalized spacial score (nSPS) is 11.8. The summed E-state index contributed by atoms with van der Waals surface area (Å²) in [6.07, 6.45) is 9.35. The number of unbranched alkanes of at least 4 members (excludes halogenated alkanes) is 3. The minimum Gasteiger partial charge on any atom is -0.295 e. The molecule has 1 nitrogen and oxygen atoms in total. The van der Waals surface area contributed by atoms with Crippen LogP contribution in [0, 0.1) is 0 Å². The molecule has 18 heavy (non-hydrogen) atoms. The maximum Gasteiger partial charge on any atom is 0.158 e. The zero-order chi connectivity index (χ0) is 13.2. The molecule has 0 aliphatic rings. The Kier molecular flexibility index (Phi) is 7.66. The Labute approximate surface area is 115 Å². The van der Waals surface area contributed by atoms with Crippen molar-refractivity contribution in [3.05, 3.63) is 28.0 Å². The number of carbonyl (C=O) groups is 1. The van der Waals surface area contributed by atoms with Crippen molar-refractivity contribution in [3.63, 3.8) is 0 Å². The summed E-state index contributed by atoms with van der Waals surface area (Å²) >= 11 is 1.70. The molecule has 0 spiro atoms. The van der Waals surface area contributed by atoms with Gasteiger partial charge >= 0.3 is 0 Å². The van der Waals surface area contributed by atoms with Crippen LogP contribution in [0.25, 0.3) is 6.08 Å². The van der Waals surface area contributed by atoms with Gasteiger partial charge in [-0.15, -0.1) is 11.3 Å². The third-order valence-corrected chi connectivity index (χ3v) is 3.84. The zero-order valence-corrected chi connectivity index (χ0v) is 12.4. The molecule has 100 valence electrons. The molecule has 1 aromatic rings. The van der Waals surface area contributed by atoms with Crippen molar-refractivity contribution in [2.45, 2.75) is 58.8 Å². The number of allylic oxidation sites excluding steroid dienone is 1. The predicted octanol–water partition coefficient (Wildman–Crippen LogP) is 5.47. The van der Waals surface area contributed by atoms with Crippen LogP contribution in [0.1, 0.15) is 63.7 Å². The molecule has 0 fully saturated rings. The van der Waals surface area contributed by atoms with Crippen LogP contribution < -0.4 is 0 Å². The first-order chi connectivity index (χ1) is 8.77. The molecule has 0 bridgehead atoms. The summed E-state index contributed by atoms with van der Waals surface area (Å²) in [5, 5.41) is 2.06. The van der Waals surface area contributed by atoms with Crippen LogP contribution >= 0.6 is 11.3 Å². The van der Waals surface area contributed by atoms with Crippen molar-refractivity contribution in [3.8, 4) is 0 Å². The molecule has 0 saturated carbocycles. The van der Waals surface area contributed by atoms with Gasteiger partial charge in [0.1, 0.15) is 0 Å². The number of rotatable bonds is 9. The molecule has 0 aromatic carbocycles. The van der Waals surface area contributed by atoms with E-state index in [0.29, 0.717) is 5.78 Å². The molecule has 1 heterocycles. The van der Waals surface area contributed by atoms with Gasteiger partial charge in [-0.2, -0.15) is 0 Å². The van der Waals surface area contributed by atoms with Crippen molar-refractivity contribution in [1.82, 2.24) is 0 Å². The van der Waals surface area contributed by atoms with Crippen LogP contribution in [-0.4, -0.2) is 5.78 Å². The zero-order valence-electron chi connectivity index (χ0n) is 11.6. The number of hydrogen-bond acceptors (Lipinski definition) is 2. The van der Waals surface area contributed by atoms with Crippen LogP contribution in [0.5, 0.6) is 0 Å². The number of Topliss-reactive ketones (excluding diaryl/α,β-unsaturated/α-hetero) is 1. The summed E-state index contributed by atoms with van der Waals surface area (Å²) in [4.78, 5) is 13.4. The minimum absolute atomic E-state index is 0.352. The van der Waals surface area contributed by atoms with Crippen LogP contribution in [-0.2, 0) is 4.79 Å². The molecule has 0 saturated heterocycles. The van der Waals surface area contributed by atoms with Crippen LogP contribution in [0.3, 0.4) is 0 Å². The monoisotopic (exact) mass is 264 g/mol. The Hall–Kier alpha value is -0.890. The number of thiophene rings is 1. The van der Waals surface area contributed by atoms with Gasteiger partial charge in [0, 0.05) is 11.3 Å². The maximum absolute atomic E-state index is 12.2. The van der Waals surface area contributed by atoms with Crippen LogP contribution in [0.15, 0.2) is 23.1 Å². The highest BCUT2D eigenvalue weighted by atomic mass is 32.1. The standard InChI is InChI=1S/C16H24OS/c1-3-5-7-11-16(17)14(9-6-4-2)13-15-10-8-12-18-15/h8,10,12-13H,3-7,9,11H2,1-2H3/b14-13+. The fourth-order valence-electron chi connectivity index (χ4n) is 1.90. The van der Waals surface area contributed by atoms with Gasteiger partial charge in [-0.05, 0) is 42.4 Å². The molecule has 0 N–H and O–H groups in total. The molecular formula is C16H24OS. The van der Waals surface area contributed by atoms with Crippen molar-refractivity contribution in [1.29, 1.82) is 0 Å². The van der Waals surface area contributed by atoms with Crippen molar-refractivity contribution < 1.29 is 4.79 Å². The van der Waals surface area contributed by atoms with Gasteiger partial charge in [-0.3, -0.25) is 4.79 Å². The second-order valence-electron chi connectivity index (χ2n) is 4.67. The van der Waals surface area contributed by atoms with Crippen molar-refractivity contribution in [2.24, 2.45) is 0 Å². The van der Waals surface area contributed by atoms with Crippen LogP contribution in [0.2, 0.25) is 0 Å². The van der Waals surface area contributed by atoms with E-state index < -0.39 is 0 Å². The number of carbonyl (C=O) groups excluding carboxylic acids is 1. The lowest BCUT2D eigenvalue weighted by atomic mass is 9.99. The molecular weight excluding hydrogens is 240 g/mol. The van der Waals surface area contributed by atoms with Gasteiger partial charge in [0.2, 0.25) is 0 Å². The van der Waals surface area contributed by atoms with E-state index in [9.17, 15) is 4.79 Å². The summed E-state index contributed by atoms with van der Waals surface area (Å²) in [7, 11) is 0. The first-order valence-electron chi connectivity index (χ1n) is 7.05. The molecule has 1 aromatic heterocycles. The third-order valence-electron chi connectivity index (χ3n) is 3.02. The van der Waals surface area contributed by atoms with Gasteiger partial charge in [0.25, 0.3) is 0 Å². The van der Waals surface area contributed by atoms with Gasteiger partial charge < -0.3 is 0 Å². The van der Waals surface area contributed by atoms with Gasteiger partial charge in [0.15, 0.2) is 5.78 Å². The minimum atomic E-state index is 0.352. The lowest BCUT2D eigenvalue weighted by molar-refractivity contribution is -0.115. The van der Waals surface area contributed by atoms with Gasteiger partial charge in [-0.1, -0.05) is 39.2 Å². The summed E-state index contributed by atoms with van der Waals surface area (Å²) < 4.78 is 0. The van der Waals surface area contributed by atoms with Crippen LogP contribution in [0.4, 0.5) is 0 Å². The fraction of sp³-hybridized carbons (Fsp3) is 0.562. The summed E-state index contributed by atoms with van der Waals surface area (Å²) in [6.45, 7) is 4.34. The molecule has 0 atom stereocenters. The topological polar surface area (TPSA) is 17.1 Å². The van der Waals surface area contributed by atoms with E-state index in [1.165, 1.54) is 11.3 Å². The van der Waals surface area contributed by atoms with Crippen molar-refractivity contribution >= 4 is 23.2 Å². The second kappa shape index (κ2) is 9.09. The maximum atomic E-state index is 12.2. The van der Waals surface area contributed by atoms with E-state index in [0.717, 1.165) is 44.1 Å². The summed E-state index contributed by atoms with van der Waals surface area (Å²) in [6, 6.07) is 4.12. The highest BCUT2D eigenvalue weighted by Crippen LogP contribution is 2.19. The lowest BCUT2D eigenvalue weighted by Crippen LogP contribution is -2.02. The molecule has 0 radical (unpaired) electrons. The van der Waals surface area contributed by atoms with E-state index in [1.54, 1.807) is 11.3 Å². The Morgan fingerprint density at radius 1 is 1.17 bits per heavy atom. The van der Waals surface area contributed by atoms with E-state index >= 15 is 0 Å².